The first-order valence-corrected chi connectivity index (χ1v) is 8.45. The summed E-state index contributed by atoms with van der Waals surface area (Å²) in [5.74, 6) is -0.517. The third-order valence-corrected chi connectivity index (χ3v) is 4.55. The number of carbonyl (C=O) groups is 1. The van der Waals surface area contributed by atoms with Crippen LogP contribution in [0.2, 0.25) is 15.1 Å². The summed E-state index contributed by atoms with van der Waals surface area (Å²) in [4.78, 5) is 12.1. The number of rotatable bonds is 3. The van der Waals surface area contributed by atoms with Gasteiger partial charge in [-0.1, -0.05) is 46.9 Å². The summed E-state index contributed by atoms with van der Waals surface area (Å²) in [6, 6.07) is 12.3. The summed E-state index contributed by atoms with van der Waals surface area (Å²) in [7, 11) is 1.32. The van der Waals surface area contributed by atoms with Gasteiger partial charge in [0.05, 0.1) is 23.5 Å². The van der Waals surface area contributed by atoms with Crippen LogP contribution in [-0.4, -0.2) is 22.9 Å². The van der Waals surface area contributed by atoms with Crippen LogP contribution in [0.3, 0.4) is 0 Å². The lowest BCUT2D eigenvalue weighted by Gasteiger charge is -2.11. The van der Waals surface area contributed by atoms with Crippen molar-refractivity contribution in [3.8, 4) is 16.9 Å². The highest BCUT2D eigenvalue weighted by Crippen LogP contribution is 2.33. The van der Waals surface area contributed by atoms with E-state index in [1.54, 1.807) is 35.0 Å². The monoisotopic (exact) mass is 394 g/mol. The zero-order valence-electron chi connectivity index (χ0n) is 13.4. The van der Waals surface area contributed by atoms with E-state index in [0.29, 0.717) is 26.3 Å². The second kappa shape index (κ2) is 7.08. The van der Waals surface area contributed by atoms with Crippen molar-refractivity contribution in [2.24, 2.45) is 0 Å². The number of halogens is 3. The van der Waals surface area contributed by atoms with Crippen molar-refractivity contribution in [3.63, 3.8) is 0 Å². The zero-order valence-corrected chi connectivity index (χ0v) is 15.7. The summed E-state index contributed by atoms with van der Waals surface area (Å²) in [5.41, 5.74) is 3.07. The molecule has 0 saturated carbocycles. The van der Waals surface area contributed by atoms with Gasteiger partial charge in [0.2, 0.25) is 0 Å². The molecule has 0 saturated heterocycles. The Morgan fingerprint density at radius 2 is 1.68 bits per heavy atom. The Bertz CT molecular complexity index is 950. The Hall–Kier alpha value is -2.01. The number of hydrogen-bond acceptors (Lipinski definition) is 3. The molecule has 25 heavy (non-hydrogen) atoms. The SMILES string of the molecule is COC(=O)c1nn(-c2ccc(Cl)cc2Cl)c(-c2ccc(Cl)cc2)c1C. The molecule has 3 rings (SSSR count). The lowest BCUT2D eigenvalue weighted by Crippen LogP contribution is -2.05. The van der Waals surface area contributed by atoms with Crippen LogP contribution in [0.15, 0.2) is 42.5 Å². The van der Waals surface area contributed by atoms with E-state index in [0.717, 1.165) is 11.3 Å². The van der Waals surface area contributed by atoms with Crippen molar-refractivity contribution in [2.45, 2.75) is 6.92 Å². The molecule has 0 amide bonds. The summed E-state index contributed by atoms with van der Waals surface area (Å²) in [6.45, 7) is 1.81. The van der Waals surface area contributed by atoms with Gasteiger partial charge in [0.1, 0.15) is 0 Å². The maximum atomic E-state index is 12.1. The molecule has 1 aromatic heterocycles. The first-order chi connectivity index (χ1) is 11.9. The predicted octanol–water partition coefficient (Wildman–Crippen LogP) is 5.59. The van der Waals surface area contributed by atoms with Crippen LogP contribution in [0.4, 0.5) is 0 Å². The molecule has 4 nitrogen and oxygen atoms in total. The molecule has 0 aliphatic carbocycles. The molecular weight excluding hydrogens is 383 g/mol. The van der Waals surface area contributed by atoms with Crippen LogP contribution in [0.1, 0.15) is 16.1 Å². The van der Waals surface area contributed by atoms with Crippen LogP contribution >= 0.6 is 34.8 Å². The number of methoxy groups -OCH3 is 1. The smallest absolute Gasteiger partial charge is 0.358 e. The molecule has 0 aliphatic rings. The van der Waals surface area contributed by atoms with E-state index in [4.69, 9.17) is 39.5 Å². The lowest BCUT2D eigenvalue weighted by molar-refractivity contribution is 0.0592. The van der Waals surface area contributed by atoms with Crippen molar-refractivity contribution in [1.29, 1.82) is 0 Å². The fourth-order valence-corrected chi connectivity index (χ4v) is 3.18. The highest BCUT2D eigenvalue weighted by Gasteiger charge is 2.23. The van der Waals surface area contributed by atoms with Gasteiger partial charge in [0.15, 0.2) is 5.69 Å². The Kier molecular flexibility index (Phi) is 5.04. The fraction of sp³-hybridized carbons (Fsp3) is 0.111. The third-order valence-electron chi connectivity index (χ3n) is 3.76. The van der Waals surface area contributed by atoms with Crippen LogP contribution in [0.25, 0.3) is 16.9 Å². The lowest BCUT2D eigenvalue weighted by atomic mass is 10.1. The second-order valence-electron chi connectivity index (χ2n) is 5.33. The number of aromatic nitrogens is 2. The molecule has 0 radical (unpaired) electrons. The average molecular weight is 396 g/mol. The van der Waals surface area contributed by atoms with Crippen LogP contribution in [0, 0.1) is 6.92 Å². The highest BCUT2D eigenvalue weighted by atomic mass is 35.5. The summed E-state index contributed by atoms with van der Waals surface area (Å²) >= 11 is 18.3. The van der Waals surface area contributed by atoms with Gasteiger partial charge >= 0.3 is 5.97 Å². The molecule has 0 spiro atoms. The van der Waals surface area contributed by atoms with Crippen LogP contribution in [0.5, 0.6) is 0 Å². The molecule has 3 aromatic rings. The molecular formula is C18H13Cl3N2O2. The van der Waals surface area contributed by atoms with E-state index in [2.05, 4.69) is 5.10 Å². The van der Waals surface area contributed by atoms with Gasteiger partial charge in [-0.05, 0) is 37.3 Å². The zero-order chi connectivity index (χ0) is 18.1. The first kappa shape index (κ1) is 17.8. The molecule has 1 heterocycles. The molecule has 0 N–H and O–H groups in total. The number of esters is 1. The van der Waals surface area contributed by atoms with E-state index in [1.807, 2.05) is 19.1 Å². The van der Waals surface area contributed by atoms with Crippen molar-refractivity contribution in [3.05, 3.63) is 68.8 Å². The summed E-state index contributed by atoms with van der Waals surface area (Å²) < 4.78 is 6.45. The Morgan fingerprint density at radius 3 is 2.28 bits per heavy atom. The quantitative estimate of drug-likeness (QED) is 0.543. The molecule has 0 unspecified atom stereocenters. The van der Waals surface area contributed by atoms with Gasteiger partial charge in [-0.25, -0.2) is 9.48 Å². The van der Waals surface area contributed by atoms with E-state index < -0.39 is 5.97 Å². The maximum Gasteiger partial charge on any atom is 0.358 e. The van der Waals surface area contributed by atoms with Crippen molar-refractivity contribution < 1.29 is 9.53 Å². The molecule has 0 fully saturated rings. The Morgan fingerprint density at radius 1 is 1.04 bits per heavy atom. The maximum absolute atomic E-state index is 12.1. The fourth-order valence-electron chi connectivity index (χ4n) is 2.56. The first-order valence-electron chi connectivity index (χ1n) is 7.31. The molecule has 0 bridgehead atoms. The van der Waals surface area contributed by atoms with E-state index in [-0.39, 0.29) is 5.69 Å². The minimum atomic E-state index is -0.517. The van der Waals surface area contributed by atoms with Crippen molar-refractivity contribution >= 4 is 40.8 Å². The third kappa shape index (κ3) is 3.38. The number of hydrogen-bond donors (Lipinski definition) is 0. The largest absolute Gasteiger partial charge is 0.464 e. The molecule has 128 valence electrons. The van der Waals surface area contributed by atoms with Gasteiger partial charge in [0.25, 0.3) is 0 Å². The van der Waals surface area contributed by atoms with E-state index >= 15 is 0 Å². The Labute approximate surface area is 159 Å². The van der Waals surface area contributed by atoms with Gasteiger partial charge in [-0.15, -0.1) is 0 Å². The Balaban J connectivity index is 2.29. The van der Waals surface area contributed by atoms with Gasteiger partial charge in [-0.2, -0.15) is 5.10 Å². The minimum Gasteiger partial charge on any atom is -0.464 e. The molecule has 0 atom stereocenters. The topological polar surface area (TPSA) is 44.1 Å². The van der Waals surface area contributed by atoms with Crippen LogP contribution < -0.4 is 0 Å². The van der Waals surface area contributed by atoms with Gasteiger partial charge in [0, 0.05) is 21.2 Å². The molecule has 2 aromatic carbocycles. The second-order valence-corrected chi connectivity index (χ2v) is 6.61. The predicted molar refractivity (Wildman–Crippen MR) is 100 cm³/mol. The standard InChI is InChI=1S/C18H13Cl3N2O2/c1-10-16(18(24)25-2)22-23(15-8-7-13(20)9-14(15)21)17(10)11-3-5-12(19)6-4-11/h3-9H,1-2H3. The number of benzene rings is 2. The van der Waals surface area contributed by atoms with Gasteiger partial charge in [-0.3, -0.25) is 0 Å². The summed E-state index contributed by atoms with van der Waals surface area (Å²) in [5, 5.41) is 5.97. The van der Waals surface area contributed by atoms with Crippen molar-refractivity contribution in [1.82, 2.24) is 9.78 Å². The van der Waals surface area contributed by atoms with Gasteiger partial charge < -0.3 is 4.74 Å². The normalized spacial score (nSPS) is 10.8. The number of ether oxygens (including phenoxy) is 1. The molecule has 7 heteroatoms. The number of nitrogens with zero attached hydrogens (tertiary/aromatic N) is 2. The average Bonchev–Trinajstić information content (AvgIpc) is 2.92. The summed E-state index contributed by atoms with van der Waals surface area (Å²) in [6.07, 6.45) is 0. The van der Waals surface area contributed by atoms with Crippen LogP contribution in [-0.2, 0) is 4.74 Å². The van der Waals surface area contributed by atoms with Crippen molar-refractivity contribution in [2.75, 3.05) is 7.11 Å². The minimum absolute atomic E-state index is 0.221. The van der Waals surface area contributed by atoms with E-state index in [1.165, 1.54) is 7.11 Å². The number of carbonyl (C=O) groups excluding carboxylic acids is 1. The highest BCUT2D eigenvalue weighted by molar-refractivity contribution is 6.35. The van der Waals surface area contributed by atoms with E-state index in [9.17, 15) is 4.79 Å². The molecule has 0 aliphatic heterocycles.